The molecule has 196 valence electrons. The van der Waals surface area contributed by atoms with Crippen molar-refractivity contribution in [2.24, 2.45) is 0 Å². The van der Waals surface area contributed by atoms with Crippen LogP contribution >= 0.6 is 0 Å². The van der Waals surface area contributed by atoms with Gasteiger partial charge in [-0.2, -0.15) is 0 Å². The second kappa shape index (κ2) is 29.3. The molecule has 0 heterocycles. The van der Waals surface area contributed by atoms with Crippen LogP contribution < -0.4 is 0 Å². The van der Waals surface area contributed by atoms with Crippen LogP contribution in [0.3, 0.4) is 0 Å². The second-order valence-corrected chi connectivity index (χ2v) is 13.1. The van der Waals surface area contributed by atoms with Crippen molar-refractivity contribution >= 4 is 9.52 Å². The minimum absolute atomic E-state index is 0.299. The van der Waals surface area contributed by atoms with Crippen LogP contribution in [0.15, 0.2) is 0 Å². The SMILES string of the molecule is CCCCCCCCCCCCC[SiH2]CCCCCCCCCCCCC.[O]=[Cr](=[O])([OH])[OH]. The van der Waals surface area contributed by atoms with E-state index in [1.807, 2.05) is 0 Å². The molecule has 32 heavy (non-hydrogen) atoms. The van der Waals surface area contributed by atoms with Gasteiger partial charge in [0.25, 0.3) is 0 Å². The first-order valence-electron chi connectivity index (χ1n) is 14.1. The molecular formula is C26H58CrO4Si. The van der Waals surface area contributed by atoms with Crippen LogP contribution in [0, 0.1) is 0 Å². The maximum absolute atomic E-state index is 8.82. The van der Waals surface area contributed by atoms with E-state index in [0.29, 0.717) is 9.52 Å². The molecule has 0 saturated carbocycles. The molecule has 0 spiro atoms. The standard InChI is InChI=1S/C26H56Si.Cr.2H2O.2O/c1-3-5-7-9-11-13-15-17-19-21-23-25-27-26-24-22-20-18-16-14-12-10-8-6-4-2;;;;;/h3-27H2,1-2H3;;2*1H2;;/q;+2;;;;/p-2. The van der Waals surface area contributed by atoms with Crippen LogP contribution in [0.4, 0.5) is 0 Å². The molecule has 0 amide bonds. The monoisotopic (exact) mass is 514 g/mol. The summed E-state index contributed by atoms with van der Waals surface area (Å²) in [5.41, 5.74) is 0. The van der Waals surface area contributed by atoms with Gasteiger partial charge in [-0.15, -0.1) is 0 Å². The zero-order valence-electron chi connectivity index (χ0n) is 21.8. The van der Waals surface area contributed by atoms with E-state index in [-0.39, 0.29) is 0 Å². The molecule has 0 radical (unpaired) electrons. The third-order valence-corrected chi connectivity index (χ3v) is 8.21. The summed E-state index contributed by atoms with van der Waals surface area (Å²) in [6.45, 7) is 4.61. The first-order chi connectivity index (χ1) is 15.4. The molecule has 6 heteroatoms. The van der Waals surface area contributed by atoms with E-state index in [1.54, 1.807) is 24.9 Å². The van der Waals surface area contributed by atoms with E-state index < -0.39 is 13.6 Å². The molecule has 0 fully saturated rings. The second-order valence-electron chi connectivity index (χ2n) is 9.58. The van der Waals surface area contributed by atoms with Crippen molar-refractivity contribution in [2.45, 2.75) is 167 Å². The van der Waals surface area contributed by atoms with Gasteiger partial charge >= 0.3 is 29.5 Å². The van der Waals surface area contributed by atoms with Crippen molar-refractivity contribution < 1.29 is 29.5 Å². The van der Waals surface area contributed by atoms with Gasteiger partial charge in [0.1, 0.15) is 0 Å². The fourth-order valence-electron chi connectivity index (χ4n) is 4.21. The predicted octanol–water partition coefficient (Wildman–Crippen LogP) is 8.26. The number of rotatable bonds is 24. The Morgan fingerprint density at radius 2 is 0.625 bits per heavy atom. The minimum atomic E-state index is -5.25. The number of hydrogen-bond acceptors (Lipinski definition) is 2. The average Bonchev–Trinajstić information content (AvgIpc) is 2.73. The molecular weight excluding hydrogens is 456 g/mol. The average molecular weight is 515 g/mol. The van der Waals surface area contributed by atoms with E-state index in [1.165, 1.54) is 128 Å². The van der Waals surface area contributed by atoms with E-state index >= 15 is 0 Å². The molecule has 0 rings (SSSR count). The zero-order chi connectivity index (χ0) is 24.2. The van der Waals surface area contributed by atoms with Gasteiger partial charge in [-0.1, -0.05) is 167 Å². The first-order valence-corrected chi connectivity index (χ1v) is 18.3. The van der Waals surface area contributed by atoms with Crippen LogP contribution in [0.5, 0.6) is 0 Å². The molecule has 0 aliphatic rings. The van der Waals surface area contributed by atoms with Crippen molar-refractivity contribution in [1.82, 2.24) is 0 Å². The van der Waals surface area contributed by atoms with Crippen LogP contribution in [-0.4, -0.2) is 17.8 Å². The molecule has 0 unspecified atom stereocenters. The van der Waals surface area contributed by atoms with Crippen LogP contribution in [0.1, 0.15) is 155 Å². The first kappa shape index (κ1) is 34.4. The number of unbranched alkanes of at least 4 members (excludes halogenated alkanes) is 20. The van der Waals surface area contributed by atoms with Gasteiger partial charge < -0.3 is 0 Å². The van der Waals surface area contributed by atoms with Gasteiger partial charge in [0.2, 0.25) is 0 Å². The van der Waals surface area contributed by atoms with E-state index in [0.717, 1.165) is 0 Å². The Morgan fingerprint density at radius 1 is 0.438 bits per heavy atom. The Labute approximate surface area is 206 Å². The van der Waals surface area contributed by atoms with Gasteiger partial charge in [-0.3, -0.25) is 0 Å². The summed E-state index contributed by atoms with van der Waals surface area (Å²) in [5, 5.41) is 0. The Kier molecular flexibility index (Phi) is 31.5. The van der Waals surface area contributed by atoms with E-state index in [9.17, 15) is 0 Å². The Morgan fingerprint density at radius 3 is 0.844 bits per heavy atom. The van der Waals surface area contributed by atoms with Gasteiger partial charge in [0, 0.05) is 9.52 Å². The molecule has 2 N–H and O–H groups in total. The van der Waals surface area contributed by atoms with E-state index in [2.05, 4.69) is 13.8 Å². The maximum atomic E-state index is 8.82. The summed E-state index contributed by atoms with van der Waals surface area (Å²) in [7, 11) is 0.299. The molecule has 0 atom stereocenters. The fraction of sp³-hybridized carbons (Fsp3) is 1.00. The van der Waals surface area contributed by atoms with Gasteiger partial charge in [-0.05, 0) is 0 Å². The summed E-state index contributed by atoms with van der Waals surface area (Å²) in [5.74, 6) is 0. The van der Waals surface area contributed by atoms with Gasteiger partial charge in [0.15, 0.2) is 0 Å². The van der Waals surface area contributed by atoms with E-state index in [4.69, 9.17) is 15.9 Å². The Balaban J connectivity index is 0. The summed E-state index contributed by atoms with van der Waals surface area (Å²) in [6.07, 6.45) is 32.8. The molecule has 0 aliphatic heterocycles. The summed E-state index contributed by atoms with van der Waals surface area (Å²) >= 11 is -5.25. The van der Waals surface area contributed by atoms with Crippen LogP contribution in [0.2, 0.25) is 12.1 Å². The number of hydrogen-bond donors (Lipinski definition) is 2. The molecule has 0 aromatic heterocycles. The van der Waals surface area contributed by atoms with Crippen molar-refractivity contribution in [3.05, 3.63) is 0 Å². The molecule has 0 bridgehead atoms. The molecule has 4 nitrogen and oxygen atoms in total. The van der Waals surface area contributed by atoms with Crippen LogP contribution in [-0.2, 0) is 21.2 Å². The van der Waals surface area contributed by atoms with Gasteiger partial charge in [-0.25, -0.2) is 0 Å². The third kappa shape index (κ3) is 44.0. The molecule has 0 aliphatic carbocycles. The fourth-order valence-corrected chi connectivity index (χ4v) is 5.98. The summed E-state index contributed by atoms with van der Waals surface area (Å²) in [6, 6.07) is 3.27. The Hall–Kier alpha value is 0.269. The molecule has 0 saturated heterocycles. The quantitative estimate of drug-likeness (QED) is 0.100. The third-order valence-electron chi connectivity index (χ3n) is 6.21. The van der Waals surface area contributed by atoms with Crippen LogP contribution in [0.25, 0.3) is 0 Å². The van der Waals surface area contributed by atoms with Crippen molar-refractivity contribution in [3.63, 3.8) is 0 Å². The topological polar surface area (TPSA) is 74.6 Å². The molecule has 0 aromatic rings. The normalized spacial score (nSPS) is 11.4. The summed E-state index contributed by atoms with van der Waals surface area (Å²) < 4.78 is 31.9. The zero-order valence-corrected chi connectivity index (χ0v) is 24.5. The van der Waals surface area contributed by atoms with Gasteiger partial charge in [0.05, 0.1) is 0 Å². The molecule has 0 aromatic carbocycles. The predicted molar refractivity (Wildman–Crippen MR) is 137 cm³/mol. The van der Waals surface area contributed by atoms with Crippen molar-refractivity contribution in [1.29, 1.82) is 0 Å². The summed E-state index contributed by atoms with van der Waals surface area (Å²) in [4.78, 5) is 0. The van der Waals surface area contributed by atoms with Crippen molar-refractivity contribution in [3.8, 4) is 0 Å². The van der Waals surface area contributed by atoms with Crippen molar-refractivity contribution in [2.75, 3.05) is 0 Å². The Bertz CT molecular complexity index is 398.